The van der Waals surface area contributed by atoms with Gasteiger partial charge in [0.2, 0.25) is 5.95 Å². The normalized spacial score (nSPS) is 12.6. The van der Waals surface area contributed by atoms with Gasteiger partial charge in [-0.05, 0) is 18.1 Å². The summed E-state index contributed by atoms with van der Waals surface area (Å²) in [5.74, 6) is 1.57. The third-order valence-corrected chi connectivity index (χ3v) is 4.74. The molecule has 0 aliphatic carbocycles. The Morgan fingerprint density at radius 2 is 2.13 bits per heavy atom. The fourth-order valence-electron chi connectivity index (χ4n) is 2.26. The van der Waals surface area contributed by atoms with Gasteiger partial charge in [0.25, 0.3) is 0 Å². The predicted molar refractivity (Wildman–Crippen MR) is 93.0 cm³/mol. The standard InChI is InChI=1S/C16H20N6S/c1-3-11(2)8-22-10-19-13-14(22)20-16(17)21-15(13)23-9-12-6-4-5-7-18-12/h4-7,10-11H,3,8-9H2,1-2H3,(H2,17,20,21)/t11-/m1/s1. The SMILES string of the molecule is CC[C@@H](C)Cn1cnc2c(SCc3ccccn3)nc(N)nc21. The molecule has 0 saturated heterocycles. The van der Waals surface area contributed by atoms with E-state index in [0.29, 0.717) is 5.92 Å². The van der Waals surface area contributed by atoms with Crippen LogP contribution in [0.3, 0.4) is 0 Å². The van der Waals surface area contributed by atoms with Crippen LogP contribution in [0.2, 0.25) is 0 Å². The number of anilines is 1. The Morgan fingerprint density at radius 3 is 2.87 bits per heavy atom. The number of imidazole rings is 1. The molecule has 0 bridgehead atoms. The predicted octanol–water partition coefficient (Wildman–Crippen LogP) is 3.14. The molecule has 6 nitrogen and oxygen atoms in total. The van der Waals surface area contributed by atoms with Gasteiger partial charge in [-0.15, -0.1) is 0 Å². The molecule has 23 heavy (non-hydrogen) atoms. The lowest BCUT2D eigenvalue weighted by Crippen LogP contribution is -2.07. The molecule has 2 N–H and O–H groups in total. The monoisotopic (exact) mass is 328 g/mol. The van der Waals surface area contributed by atoms with E-state index >= 15 is 0 Å². The number of rotatable bonds is 6. The molecule has 0 saturated carbocycles. The molecule has 0 aliphatic heterocycles. The maximum atomic E-state index is 5.89. The van der Waals surface area contributed by atoms with Crippen molar-refractivity contribution in [2.45, 2.75) is 37.6 Å². The van der Waals surface area contributed by atoms with Crippen LogP contribution in [0.4, 0.5) is 5.95 Å². The lowest BCUT2D eigenvalue weighted by Gasteiger charge is -2.10. The van der Waals surface area contributed by atoms with E-state index in [0.717, 1.165) is 40.6 Å². The Bertz CT molecular complexity index is 786. The van der Waals surface area contributed by atoms with E-state index in [1.165, 1.54) is 0 Å². The number of fused-ring (bicyclic) bond motifs is 1. The van der Waals surface area contributed by atoms with Crippen molar-refractivity contribution in [2.24, 2.45) is 5.92 Å². The van der Waals surface area contributed by atoms with Crippen LogP contribution < -0.4 is 5.73 Å². The van der Waals surface area contributed by atoms with Crippen molar-refractivity contribution in [1.82, 2.24) is 24.5 Å². The first-order valence-electron chi connectivity index (χ1n) is 7.68. The highest BCUT2D eigenvalue weighted by Gasteiger charge is 2.14. The molecular weight excluding hydrogens is 308 g/mol. The highest BCUT2D eigenvalue weighted by atomic mass is 32.2. The Morgan fingerprint density at radius 1 is 1.26 bits per heavy atom. The van der Waals surface area contributed by atoms with Gasteiger partial charge in [-0.1, -0.05) is 38.1 Å². The van der Waals surface area contributed by atoms with Crippen molar-refractivity contribution in [3.63, 3.8) is 0 Å². The van der Waals surface area contributed by atoms with Crippen LogP contribution in [0.25, 0.3) is 11.2 Å². The Balaban J connectivity index is 1.88. The summed E-state index contributed by atoms with van der Waals surface area (Å²) >= 11 is 1.59. The van der Waals surface area contributed by atoms with Crippen LogP contribution in [-0.2, 0) is 12.3 Å². The van der Waals surface area contributed by atoms with E-state index in [2.05, 4.69) is 38.4 Å². The average Bonchev–Trinajstić information content (AvgIpc) is 2.96. The molecule has 3 heterocycles. The van der Waals surface area contributed by atoms with Gasteiger partial charge in [0.05, 0.1) is 12.0 Å². The second-order valence-electron chi connectivity index (χ2n) is 5.58. The minimum Gasteiger partial charge on any atom is -0.368 e. The lowest BCUT2D eigenvalue weighted by atomic mass is 10.1. The molecule has 0 aliphatic rings. The smallest absolute Gasteiger partial charge is 0.223 e. The molecule has 0 unspecified atom stereocenters. The summed E-state index contributed by atoms with van der Waals surface area (Å²) in [4.78, 5) is 17.6. The van der Waals surface area contributed by atoms with E-state index in [9.17, 15) is 0 Å². The molecule has 1 atom stereocenters. The van der Waals surface area contributed by atoms with Crippen molar-refractivity contribution in [2.75, 3.05) is 5.73 Å². The summed E-state index contributed by atoms with van der Waals surface area (Å²) in [5, 5.41) is 0.807. The maximum Gasteiger partial charge on any atom is 0.223 e. The number of nitrogens with two attached hydrogens (primary N) is 1. The molecule has 0 radical (unpaired) electrons. The molecule has 3 aromatic rings. The van der Waals surface area contributed by atoms with Gasteiger partial charge in [-0.3, -0.25) is 4.98 Å². The lowest BCUT2D eigenvalue weighted by molar-refractivity contribution is 0.474. The van der Waals surface area contributed by atoms with Crippen molar-refractivity contribution in [3.8, 4) is 0 Å². The van der Waals surface area contributed by atoms with E-state index in [1.54, 1.807) is 18.0 Å². The van der Waals surface area contributed by atoms with Gasteiger partial charge in [0.1, 0.15) is 10.5 Å². The van der Waals surface area contributed by atoms with Crippen LogP contribution in [0.1, 0.15) is 26.0 Å². The topological polar surface area (TPSA) is 82.5 Å². The molecule has 0 aromatic carbocycles. The molecule has 120 valence electrons. The molecule has 0 amide bonds. The minimum atomic E-state index is 0.284. The highest BCUT2D eigenvalue weighted by Crippen LogP contribution is 2.27. The number of pyridine rings is 1. The summed E-state index contributed by atoms with van der Waals surface area (Å²) < 4.78 is 2.06. The summed E-state index contributed by atoms with van der Waals surface area (Å²) in [5.41, 5.74) is 8.51. The molecule has 0 spiro atoms. The first-order chi connectivity index (χ1) is 11.2. The largest absolute Gasteiger partial charge is 0.368 e. The van der Waals surface area contributed by atoms with E-state index in [-0.39, 0.29) is 5.95 Å². The van der Waals surface area contributed by atoms with Crippen molar-refractivity contribution in [1.29, 1.82) is 0 Å². The number of nitrogens with zero attached hydrogens (tertiary/aromatic N) is 5. The third-order valence-electron chi connectivity index (χ3n) is 3.74. The first-order valence-corrected chi connectivity index (χ1v) is 8.67. The van der Waals surface area contributed by atoms with Gasteiger partial charge in [-0.2, -0.15) is 4.98 Å². The molecule has 3 aromatic heterocycles. The zero-order valence-electron chi connectivity index (χ0n) is 13.3. The van der Waals surface area contributed by atoms with Gasteiger partial charge in [-0.25, -0.2) is 9.97 Å². The summed E-state index contributed by atoms with van der Waals surface area (Å²) in [6.45, 7) is 5.28. The average molecular weight is 328 g/mol. The van der Waals surface area contributed by atoms with Crippen molar-refractivity contribution >= 4 is 28.9 Å². The highest BCUT2D eigenvalue weighted by molar-refractivity contribution is 7.98. The third kappa shape index (κ3) is 3.61. The van der Waals surface area contributed by atoms with Gasteiger partial charge in [0.15, 0.2) is 5.65 Å². The molecule has 7 heteroatoms. The summed E-state index contributed by atoms with van der Waals surface area (Å²) in [7, 11) is 0. The number of thioether (sulfide) groups is 1. The van der Waals surface area contributed by atoms with E-state index < -0.39 is 0 Å². The number of aromatic nitrogens is 5. The summed E-state index contributed by atoms with van der Waals surface area (Å²) in [6, 6.07) is 5.88. The van der Waals surface area contributed by atoms with Crippen molar-refractivity contribution < 1.29 is 0 Å². The van der Waals surface area contributed by atoms with Gasteiger partial charge in [0, 0.05) is 18.5 Å². The van der Waals surface area contributed by atoms with Crippen LogP contribution in [0.15, 0.2) is 35.7 Å². The Hall–Kier alpha value is -2.15. The Labute approximate surface area is 139 Å². The molecule has 3 rings (SSSR count). The van der Waals surface area contributed by atoms with Gasteiger partial charge < -0.3 is 10.3 Å². The number of hydrogen-bond acceptors (Lipinski definition) is 6. The molecule has 0 fully saturated rings. The van der Waals surface area contributed by atoms with Gasteiger partial charge >= 0.3 is 0 Å². The van der Waals surface area contributed by atoms with Crippen molar-refractivity contribution in [3.05, 3.63) is 36.4 Å². The fourth-order valence-corrected chi connectivity index (χ4v) is 3.15. The zero-order chi connectivity index (χ0) is 16.2. The summed E-state index contributed by atoms with van der Waals surface area (Å²) in [6.07, 6.45) is 4.73. The van der Waals surface area contributed by atoms with E-state index in [1.807, 2.05) is 24.5 Å². The van der Waals surface area contributed by atoms with Crippen LogP contribution in [-0.4, -0.2) is 24.5 Å². The van der Waals surface area contributed by atoms with Crippen LogP contribution in [0, 0.1) is 5.92 Å². The second kappa shape index (κ2) is 6.95. The fraction of sp³-hybridized carbons (Fsp3) is 0.375. The first kappa shape index (κ1) is 15.7. The second-order valence-corrected chi connectivity index (χ2v) is 6.54. The van der Waals surface area contributed by atoms with Crippen LogP contribution in [0.5, 0.6) is 0 Å². The Kier molecular flexibility index (Phi) is 4.76. The van der Waals surface area contributed by atoms with E-state index in [4.69, 9.17) is 5.73 Å². The maximum absolute atomic E-state index is 5.89. The number of hydrogen-bond donors (Lipinski definition) is 1. The number of nitrogen functional groups attached to an aromatic ring is 1. The minimum absolute atomic E-state index is 0.284. The zero-order valence-corrected chi connectivity index (χ0v) is 14.1. The molecular formula is C16H20N6S. The van der Waals surface area contributed by atoms with Crippen LogP contribution >= 0.6 is 11.8 Å². The quantitative estimate of drug-likeness (QED) is 0.553.